The fourth-order valence-electron chi connectivity index (χ4n) is 3.04. The van der Waals surface area contributed by atoms with Crippen LogP contribution in [0, 0.1) is 0 Å². The number of rotatable bonds is 4. The van der Waals surface area contributed by atoms with Gasteiger partial charge in [-0.3, -0.25) is 5.32 Å². The van der Waals surface area contributed by atoms with E-state index in [2.05, 4.69) is 25.5 Å². The van der Waals surface area contributed by atoms with Crippen LogP contribution in [-0.2, 0) is 6.42 Å². The van der Waals surface area contributed by atoms with Gasteiger partial charge in [-0.05, 0) is 35.9 Å². The third kappa shape index (κ3) is 2.43. The summed E-state index contributed by atoms with van der Waals surface area (Å²) in [5, 5.41) is 11.2. The van der Waals surface area contributed by atoms with Crippen molar-refractivity contribution in [2.24, 2.45) is 0 Å². The summed E-state index contributed by atoms with van der Waals surface area (Å²) in [6, 6.07) is 11.8. The fraction of sp³-hybridized carbons (Fsp3) is 0.167. The number of benzene rings is 2. The van der Waals surface area contributed by atoms with Crippen molar-refractivity contribution in [1.29, 1.82) is 0 Å². The normalized spacial score (nSPS) is 12.8. The van der Waals surface area contributed by atoms with Gasteiger partial charge in [0, 0.05) is 12.0 Å². The molecule has 0 bridgehead atoms. The zero-order chi connectivity index (χ0) is 17.5. The lowest BCUT2D eigenvalue weighted by Crippen LogP contribution is -1.92. The molecule has 8 heteroatoms. The first-order valence-electron chi connectivity index (χ1n) is 8.19. The monoisotopic (exact) mass is 349 g/mol. The number of hydrogen-bond acceptors (Lipinski definition) is 7. The molecule has 2 aromatic heterocycles. The molecule has 0 radical (unpaired) electrons. The number of ether oxygens (including phenoxy) is 2. The molecule has 0 amide bonds. The topological polar surface area (TPSA) is 98.1 Å². The van der Waals surface area contributed by atoms with E-state index >= 15 is 0 Å². The van der Waals surface area contributed by atoms with Crippen LogP contribution < -0.4 is 14.8 Å². The molecular weight excluding hydrogens is 334 g/mol. The Balaban J connectivity index is 1.42. The second-order valence-electron chi connectivity index (χ2n) is 5.90. The summed E-state index contributed by atoms with van der Waals surface area (Å²) in [5.41, 5.74) is 3.60. The third-order valence-corrected chi connectivity index (χ3v) is 4.28. The number of nitrogens with zero attached hydrogens (tertiary/aromatic N) is 3. The van der Waals surface area contributed by atoms with Gasteiger partial charge in [0.2, 0.25) is 11.8 Å². The van der Waals surface area contributed by atoms with Crippen molar-refractivity contribution >= 4 is 23.0 Å². The number of aromatic nitrogens is 4. The highest BCUT2D eigenvalue weighted by Crippen LogP contribution is 2.31. The molecule has 0 aliphatic carbocycles. The summed E-state index contributed by atoms with van der Waals surface area (Å²) in [4.78, 5) is 7.63. The van der Waals surface area contributed by atoms with Crippen LogP contribution in [0.25, 0.3) is 22.5 Å². The number of hydrogen-bond donors (Lipinski definition) is 2. The highest BCUT2D eigenvalue weighted by atomic mass is 16.5. The van der Waals surface area contributed by atoms with Crippen LogP contribution >= 0.6 is 0 Å². The zero-order valence-electron chi connectivity index (χ0n) is 13.9. The second kappa shape index (κ2) is 5.76. The maximum absolute atomic E-state index is 5.72. The Hall–Kier alpha value is -3.55. The van der Waals surface area contributed by atoms with E-state index in [0.717, 1.165) is 34.3 Å². The number of aromatic amines is 1. The van der Waals surface area contributed by atoms with Crippen molar-refractivity contribution in [3.63, 3.8) is 0 Å². The lowest BCUT2D eigenvalue weighted by atomic mass is 10.1. The standard InChI is InChI=1S/C18H15N5O3/c1-24-14-4-2-3-12-15(14)20-17(19-12)21-18-23-22-16(26-18)11-5-6-13-10(9-11)7-8-25-13/h2-6,9H,7-8H2,1H3,(H2,19,20,21,23). The number of para-hydroxylation sites is 1. The molecule has 1 aliphatic rings. The van der Waals surface area contributed by atoms with Crippen molar-refractivity contribution in [3.05, 3.63) is 42.0 Å². The van der Waals surface area contributed by atoms with E-state index in [0.29, 0.717) is 24.2 Å². The van der Waals surface area contributed by atoms with Gasteiger partial charge in [0.05, 0.1) is 19.2 Å². The molecule has 130 valence electrons. The van der Waals surface area contributed by atoms with E-state index in [1.165, 1.54) is 0 Å². The van der Waals surface area contributed by atoms with Crippen LogP contribution in [0.5, 0.6) is 11.5 Å². The number of H-pyrrole nitrogens is 1. The quantitative estimate of drug-likeness (QED) is 0.583. The number of methoxy groups -OCH3 is 1. The molecular formula is C18H15N5O3. The fourth-order valence-corrected chi connectivity index (χ4v) is 3.04. The average Bonchev–Trinajstić information content (AvgIpc) is 3.39. The highest BCUT2D eigenvalue weighted by Gasteiger charge is 2.16. The Bertz CT molecular complexity index is 1100. The van der Waals surface area contributed by atoms with Crippen LogP contribution in [0.1, 0.15) is 5.56 Å². The molecule has 4 aromatic rings. The summed E-state index contributed by atoms with van der Waals surface area (Å²) in [6.07, 6.45) is 0.892. The summed E-state index contributed by atoms with van der Waals surface area (Å²) in [6.45, 7) is 0.713. The van der Waals surface area contributed by atoms with Gasteiger partial charge in [-0.25, -0.2) is 4.98 Å². The van der Waals surface area contributed by atoms with E-state index in [1.54, 1.807) is 7.11 Å². The molecule has 2 N–H and O–H groups in total. The maximum Gasteiger partial charge on any atom is 0.322 e. The SMILES string of the molecule is COc1cccc2[nH]c(Nc3nnc(-c4ccc5c(c4)CCO5)o3)nc12. The van der Waals surface area contributed by atoms with Gasteiger partial charge < -0.3 is 18.9 Å². The first-order valence-corrected chi connectivity index (χ1v) is 8.19. The Morgan fingerprint density at radius 2 is 2.15 bits per heavy atom. The third-order valence-electron chi connectivity index (χ3n) is 4.28. The minimum Gasteiger partial charge on any atom is -0.494 e. The van der Waals surface area contributed by atoms with Gasteiger partial charge in [0.1, 0.15) is 17.0 Å². The van der Waals surface area contributed by atoms with Gasteiger partial charge in [-0.15, -0.1) is 5.10 Å². The predicted molar refractivity (Wildman–Crippen MR) is 94.9 cm³/mol. The molecule has 0 fully saturated rings. The number of anilines is 2. The smallest absolute Gasteiger partial charge is 0.322 e. The van der Waals surface area contributed by atoms with Crippen LogP contribution in [0.15, 0.2) is 40.8 Å². The van der Waals surface area contributed by atoms with Crippen LogP contribution in [-0.4, -0.2) is 33.9 Å². The van der Waals surface area contributed by atoms with E-state index in [1.807, 2.05) is 36.4 Å². The number of imidazole rings is 1. The molecule has 2 aromatic carbocycles. The van der Waals surface area contributed by atoms with Crippen LogP contribution in [0.4, 0.5) is 12.0 Å². The molecule has 26 heavy (non-hydrogen) atoms. The van der Waals surface area contributed by atoms with Crippen molar-refractivity contribution < 1.29 is 13.9 Å². The molecule has 0 saturated carbocycles. The van der Waals surface area contributed by atoms with Crippen LogP contribution in [0.3, 0.4) is 0 Å². The summed E-state index contributed by atoms with van der Waals surface area (Å²) in [5.74, 6) is 2.55. The van der Waals surface area contributed by atoms with Crippen molar-refractivity contribution in [1.82, 2.24) is 20.2 Å². The van der Waals surface area contributed by atoms with E-state index in [4.69, 9.17) is 13.9 Å². The van der Waals surface area contributed by atoms with Crippen molar-refractivity contribution in [3.8, 4) is 23.0 Å². The zero-order valence-corrected chi connectivity index (χ0v) is 13.9. The Morgan fingerprint density at radius 3 is 3.08 bits per heavy atom. The van der Waals surface area contributed by atoms with Crippen molar-refractivity contribution in [2.75, 3.05) is 19.0 Å². The predicted octanol–water partition coefficient (Wildman–Crippen LogP) is 3.30. The maximum atomic E-state index is 5.72. The van der Waals surface area contributed by atoms with Crippen molar-refractivity contribution in [2.45, 2.75) is 6.42 Å². The highest BCUT2D eigenvalue weighted by molar-refractivity contribution is 5.84. The lowest BCUT2D eigenvalue weighted by molar-refractivity contribution is 0.357. The average molecular weight is 349 g/mol. The first-order chi connectivity index (χ1) is 12.8. The van der Waals surface area contributed by atoms with Gasteiger partial charge >= 0.3 is 6.01 Å². The largest absolute Gasteiger partial charge is 0.494 e. The van der Waals surface area contributed by atoms with E-state index in [-0.39, 0.29) is 6.01 Å². The summed E-state index contributed by atoms with van der Waals surface area (Å²) >= 11 is 0. The van der Waals surface area contributed by atoms with E-state index in [9.17, 15) is 0 Å². The molecule has 0 atom stereocenters. The molecule has 0 spiro atoms. The number of fused-ring (bicyclic) bond motifs is 2. The number of nitrogens with one attached hydrogen (secondary N) is 2. The van der Waals surface area contributed by atoms with Gasteiger partial charge in [-0.2, -0.15) is 0 Å². The Morgan fingerprint density at radius 1 is 1.19 bits per heavy atom. The minimum atomic E-state index is 0.259. The van der Waals surface area contributed by atoms with Crippen LogP contribution in [0.2, 0.25) is 0 Å². The minimum absolute atomic E-state index is 0.259. The molecule has 0 unspecified atom stereocenters. The lowest BCUT2D eigenvalue weighted by Gasteiger charge is -2.00. The first kappa shape index (κ1) is 14.8. The Kier molecular flexibility index (Phi) is 3.27. The molecule has 5 rings (SSSR count). The molecule has 3 heterocycles. The summed E-state index contributed by atoms with van der Waals surface area (Å²) in [7, 11) is 1.61. The molecule has 1 aliphatic heterocycles. The second-order valence-corrected chi connectivity index (χ2v) is 5.90. The van der Waals surface area contributed by atoms with Gasteiger partial charge in [-0.1, -0.05) is 11.2 Å². The molecule has 8 nitrogen and oxygen atoms in total. The van der Waals surface area contributed by atoms with E-state index < -0.39 is 0 Å². The molecule has 0 saturated heterocycles. The van der Waals surface area contributed by atoms with Gasteiger partial charge in [0.15, 0.2) is 0 Å². The Labute approximate surface area is 148 Å². The van der Waals surface area contributed by atoms with Gasteiger partial charge in [0.25, 0.3) is 0 Å². The summed E-state index contributed by atoms with van der Waals surface area (Å²) < 4.78 is 16.6.